The highest BCUT2D eigenvalue weighted by Gasteiger charge is 2.35. The van der Waals surface area contributed by atoms with E-state index < -0.39 is 6.04 Å². The molecule has 2 amide bonds. The van der Waals surface area contributed by atoms with Crippen molar-refractivity contribution in [2.75, 3.05) is 18.5 Å². The third-order valence-corrected chi connectivity index (χ3v) is 4.43. The van der Waals surface area contributed by atoms with Crippen LogP contribution in [-0.4, -0.2) is 47.2 Å². The molecule has 3 heterocycles. The molecule has 2 saturated heterocycles. The summed E-state index contributed by atoms with van der Waals surface area (Å²) < 4.78 is 10.6. The molecule has 1 aromatic heterocycles. The Morgan fingerprint density at radius 3 is 2.91 bits per heavy atom. The number of aromatic nitrogens is 1. The van der Waals surface area contributed by atoms with Crippen LogP contribution in [0.25, 0.3) is 0 Å². The smallest absolute Gasteiger partial charge is 0.248 e. The van der Waals surface area contributed by atoms with Gasteiger partial charge in [-0.3, -0.25) is 9.59 Å². The standard InChI is InChI=1S/C16H23N3O4/c1-11-9-14(18-23-11)17-16(21)13-6-4-7-19(13)15(20)10-12-5-2-3-8-22-12/h9,12-13H,2-8,10H2,1H3,(H,17,18,21). The first kappa shape index (κ1) is 16.0. The summed E-state index contributed by atoms with van der Waals surface area (Å²) in [6.07, 6.45) is 4.98. The van der Waals surface area contributed by atoms with Crippen molar-refractivity contribution in [2.45, 2.75) is 57.6 Å². The normalized spacial score (nSPS) is 24.7. The summed E-state index contributed by atoms with van der Waals surface area (Å²) in [5.74, 6) is 0.830. The number of nitrogens with one attached hydrogen (secondary N) is 1. The summed E-state index contributed by atoms with van der Waals surface area (Å²) in [5, 5.41) is 6.48. The van der Waals surface area contributed by atoms with Crippen molar-refractivity contribution in [1.29, 1.82) is 0 Å². The summed E-state index contributed by atoms with van der Waals surface area (Å²) in [6, 6.07) is 1.23. The minimum Gasteiger partial charge on any atom is -0.378 e. The highest BCUT2D eigenvalue weighted by molar-refractivity contribution is 5.96. The predicted molar refractivity (Wildman–Crippen MR) is 82.8 cm³/mol. The predicted octanol–water partition coefficient (Wildman–Crippen LogP) is 1.87. The van der Waals surface area contributed by atoms with E-state index in [-0.39, 0.29) is 17.9 Å². The summed E-state index contributed by atoms with van der Waals surface area (Å²) in [5.41, 5.74) is 0. The second kappa shape index (κ2) is 7.12. The van der Waals surface area contributed by atoms with Crippen LogP contribution >= 0.6 is 0 Å². The van der Waals surface area contributed by atoms with Gasteiger partial charge >= 0.3 is 0 Å². The number of nitrogens with zero attached hydrogens (tertiary/aromatic N) is 2. The number of ether oxygens (including phenoxy) is 1. The molecule has 126 valence electrons. The first-order valence-corrected chi connectivity index (χ1v) is 8.29. The summed E-state index contributed by atoms with van der Waals surface area (Å²) >= 11 is 0. The largest absolute Gasteiger partial charge is 0.378 e. The lowest BCUT2D eigenvalue weighted by atomic mass is 10.1. The molecular weight excluding hydrogens is 298 g/mol. The van der Waals surface area contributed by atoms with Crippen LogP contribution in [0.2, 0.25) is 0 Å². The summed E-state index contributed by atoms with van der Waals surface area (Å²) in [7, 11) is 0. The lowest BCUT2D eigenvalue weighted by molar-refractivity contribution is -0.139. The fourth-order valence-electron chi connectivity index (χ4n) is 3.25. The van der Waals surface area contributed by atoms with Crippen LogP contribution in [0.4, 0.5) is 5.82 Å². The topological polar surface area (TPSA) is 84.7 Å². The molecule has 2 fully saturated rings. The fourth-order valence-corrected chi connectivity index (χ4v) is 3.25. The van der Waals surface area contributed by atoms with Crippen molar-refractivity contribution in [3.63, 3.8) is 0 Å². The fraction of sp³-hybridized carbons (Fsp3) is 0.688. The molecule has 2 aliphatic rings. The van der Waals surface area contributed by atoms with Crippen molar-refractivity contribution in [3.8, 4) is 0 Å². The Hall–Kier alpha value is -1.89. The van der Waals surface area contributed by atoms with Gasteiger partial charge in [-0.2, -0.15) is 0 Å². The third kappa shape index (κ3) is 3.90. The molecule has 7 heteroatoms. The maximum Gasteiger partial charge on any atom is 0.248 e. The second-order valence-corrected chi connectivity index (χ2v) is 6.25. The van der Waals surface area contributed by atoms with Crippen LogP contribution in [0.3, 0.4) is 0 Å². The average molecular weight is 321 g/mol. The molecule has 2 atom stereocenters. The molecule has 0 bridgehead atoms. The molecule has 0 radical (unpaired) electrons. The Balaban J connectivity index is 1.57. The highest BCUT2D eigenvalue weighted by Crippen LogP contribution is 2.23. The van der Waals surface area contributed by atoms with E-state index in [0.717, 1.165) is 32.3 Å². The maximum absolute atomic E-state index is 12.5. The second-order valence-electron chi connectivity index (χ2n) is 6.25. The molecule has 23 heavy (non-hydrogen) atoms. The number of carbonyl (C=O) groups is 2. The minimum atomic E-state index is -0.428. The number of carbonyl (C=O) groups excluding carboxylic acids is 2. The van der Waals surface area contributed by atoms with E-state index in [0.29, 0.717) is 31.0 Å². The average Bonchev–Trinajstić information content (AvgIpc) is 3.17. The van der Waals surface area contributed by atoms with Crippen LogP contribution in [0, 0.1) is 6.92 Å². The molecule has 2 aliphatic heterocycles. The van der Waals surface area contributed by atoms with Crippen LogP contribution in [0.15, 0.2) is 10.6 Å². The Morgan fingerprint density at radius 1 is 1.35 bits per heavy atom. The van der Waals surface area contributed by atoms with E-state index in [1.165, 1.54) is 0 Å². The van der Waals surface area contributed by atoms with E-state index in [1.807, 2.05) is 0 Å². The Morgan fingerprint density at radius 2 is 2.22 bits per heavy atom. The van der Waals surface area contributed by atoms with Gasteiger partial charge in [0.2, 0.25) is 11.8 Å². The summed E-state index contributed by atoms with van der Waals surface area (Å²) in [6.45, 7) is 3.12. The maximum atomic E-state index is 12.5. The molecule has 2 unspecified atom stereocenters. The van der Waals surface area contributed by atoms with E-state index in [4.69, 9.17) is 9.26 Å². The van der Waals surface area contributed by atoms with Gasteiger partial charge in [0.1, 0.15) is 11.8 Å². The molecule has 0 aliphatic carbocycles. The monoisotopic (exact) mass is 321 g/mol. The van der Waals surface area contributed by atoms with Gasteiger partial charge in [-0.15, -0.1) is 0 Å². The Bertz CT molecular complexity index is 565. The zero-order chi connectivity index (χ0) is 16.2. The molecule has 3 rings (SSSR count). The van der Waals surface area contributed by atoms with Gasteiger partial charge in [-0.25, -0.2) is 0 Å². The first-order chi connectivity index (χ1) is 11.1. The molecule has 0 saturated carbocycles. The first-order valence-electron chi connectivity index (χ1n) is 8.29. The molecule has 1 aromatic rings. The number of anilines is 1. The Labute approximate surface area is 135 Å². The lowest BCUT2D eigenvalue weighted by Gasteiger charge is -2.27. The molecular formula is C16H23N3O4. The quantitative estimate of drug-likeness (QED) is 0.915. The number of amides is 2. The minimum absolute atomic E-state index is 0.00116. The van der Waals surface area contributed by atoms with Gasteiger partial charge in [0.05, 0.1) is 12.5 Å². The SMILES string of the molecule is Cc1cc(NC(=O)C2CCCN2C(=O)CC2CCCCO2)no1. The van der Waals surface area contributed by atoms with Gasteiger partial charge in [-0.05, 0) is 39.0 Å². The molecule has 7 nitrogen and oxygen atoms in total. The number of hydrogen-bond acceptors (Lipinski definition) is 5. The highest BCUT2D eigenvalue weighted by atomic mass is 16.5. The van der Waals surface area contributed by atoms with Gasteiger partial charge in [-0.1, -0.05) is 5.16 Å². The van der Waals surface area contributed by atoms with Crippen molar-refractivity contribution in [3.05, 3.63) is 11.8 Å². The zero-order valence-corrected chi connectivity index (χ0v) is 13.4. The lowest BCUT2D eigenvalue weighted by Crippen LogP contribution is -2.44. The van der Waals surface area contributed by atoms with Crippen molar-refractivity contribution >= 4 is 17.6 Å². The van der Waals surface area contributed by atoms with Crippen LogP contribution in [-0.2, 0) is 14.3 Å². The third-order valence-electron chi connectivity index (χ3n) is 4.43. The van der Waals surface area contributed by atoms with Crippen LogP contribution in [0.5, 0.6) is 0 Å². The molecule has 1 N–H and O–H groups in total. The van der Waals surface area contributed by atoms with Gasteiger partial charge in [0.15, 0.2) is 5.82 Å². The number of rotatable bonds is 4. The number of hydrogen-bond donors (Lipinski definition) is 1. The van der Waals surface area contributed by atoms with Crippen molar-refractivity contribution in [2.24, 2.45) is 0 Å². The zero-order valence-electron chi connectivity index (χ0n) is 13.4. The van der Waals surface area contributed by atoms with Gasteiger partial charge in [0.25, 0.3) is 0 Å². The van der Waals surface area contributed by atoms with Crippen LogP contribution < -0.4 is 5.32 Å². The summed E-state index contributed by atoms with van der Waals surface area (Å²) in [4.78, 5) is 26.6. The van der Waals surface area contributed by atoms with Gasteiger partial charge < -0.3 is 19.5 Å². The number of aryl methyl sites for hydroxylation is 1. The van der Waals surface area contributed by atoms with E-state index in [2.05, 4.69) is 10.5 Å². The van der Waals surface area contributed by atoms with E-state index >= 15 is 0 Å². The molecule has 0 aromatic carbocycles. The van der Waals surface area contributed by atoms with Crippen LogP contribution in [0.1, 0.15) is 44.3 Å². The van der Waals surface area contributed by atoms with E-state index in [1.54, 1.807) is 17.9 Å². The molecule has 0 spiro atoms. The Kier molecular flexibility index (Phi) is 4.95. The van der Waals surface area contributed by atoms with Gasteiger partial charge in [0, 0.05) is 19.2 Å². The number of likely N-dealkylation sites (tertiary alicyclic amines) is 1. The van der Waals surface area contributed by atoms with Crippen molar-refractivity contribution in [1.82, 2.24) is 10.1 Å². The van der Waals surface area contributed by atoms with E-state index in [9.17, 15) is 9.59 Å². The van der Waals surface area contributed by atoms with Crippen molar-refractivity contribution < 1.29 is 18.8 Å².